The Kier molecular flexibility index (Phi) is 3.40. The van der Waals surface area contributed by atoms with Crippen LogP contribution in [0, 0.1) is 0 Å². The number of amides is 2. The lowest BCUT2D eigenvalue weighted by atomic mass is 10.2. The first-order valence-electron chi connectivity index (χ1n) is 5.21. The van der Waals surface area contributed by atoms with Crippen molar-refractivity contribution in [3.63, 3.8) is 0 Å². The van der Waals surface area contributed by atoms with Crippen LogP contribution in [0.4, 0.5) is 4.79 Å². The predicted octanol–water partition coefficient (Wildman–Crippen LogP) is 0.843. The Balaban J connectivity index is 2.00. The van der Waals surface area contributed by atoms with Gasteiger partial charge in [0.05, 0.1) is 13.1 Å². The van der Waals surface area contributed by atoms with E-state index in [1.807, 2.05) is 0 Å². The van der Waals surface area contributed by atoms with Crippen molar-refractivity contribution in [3.8, 4) is 5.75 Å². The fourth-order valence-electron chi connectivity index (χ4n) is 1.74. The summed E-state index contributed by atoms with van der Waals surface area (Å²) in [7, 11) is 0. The Morgan fingerprint density at radius 3 is 2.59 bits per heavy atom. The van der Waals surface area contributed by atoms with E-state index >= 15 is 0 Å². The number of ether oxygens (including phenoxy) is 1. The molecule has 0 saturated carbocycles. The third-order valence-electron chi connectivity index (χ3n) is 2.65. The lowest BCUT2D eigenvalue weighted by Crippen LogP contribution is -2.35. The number of nitrogens with two attached hydrogens (primary N) is 1. The minimum Gasteiger partial charge on any atom is -0.486 e. The summed E-state index contributed by atoms with van der Waals surface area (Å²) in [6.07, 6.45) is -1.18. The van der Waals surface area contributed by atoms with Crippen LogP contribution in [0.2, 0.25) is 5.02 Å². The van der Waals surface area contributed by atoms with Crippen molar-refractivity contribution in [1.82, 2.24) is 4.90 Å². The van der Waals surface area contributed by atoms with Crippen LogP contribution in [0.5, 0.6) is 5.75 Å². The van der Waals surface area contributed by atoms with Crippen molar-refractivity contribution in [2.24, 2.45) is 5.73 Å². The largest absolute Gasteiger partial charge is 0.486 e. The number of primary amides is 1. The summed E-state index contributed by atoms with van der Waals surface area (Å²) < 4.78 is 5.56. The van der Waals surface area contributed by atoms with Crippen molar-refractivity contribution in [3.05, 3.63) is 29.3 Å². The maximum Gasteiger partial charge on any atom is 0.315 e. The molecule has 1 aromatic carbocycles. The predicted molar refractivity (Wildman–Crippen MR) is 63.0 cm³/mol. The van der Waals surface area contributed by atoms with E-state index in [0.29, 0.717) is 17.3 Å². The summed E-state index contributed by atoms with van der Waals surface area (Å²) >= 11 is 5.75. The standard InChI is InChI=1S/C11H13ClN2O3/c12-7-1-3-8(4-2-7)17-10-6-14(11(13)16)5-9(10)15/h1-4,9-10,15H,5-6H2,(H2,13,16)/t9-,10-/m1/s1. The quantitative estimate of drug-likeness (QED) is 0.823. The number of hydrogen-bond donors (Lipinski definition) is 2. The van der Waals surface area contributed by atoms with Crippen LogP contribution in [0.1, 0.15) is 0 Å². The number of hydrogen-bond acceptors (Lipinski definition) is 3. The Morgan fingerprint density at radius 2 is 2.06 bits per heavy atom. The molecule has 5 nitrogen and oxygen atoms in total. The Morgan fingerprint density at radius 1 is 1.41 bits per heavy atom. The number of carbonyl (C=O) groups excluding carboxylic acids is 1. The van der Waals surface area contributed by atoms with Gasteiger partial charge < -0.3 is 20.5 Å². The lowest BCUT2D eigenvalue weighted by Gasteiger charge is -2.16. The second kappa shape index (κ2) is 4.81. The van der Waals surface area contributed by atoms with Gasteiger partial charge in [-0.15, -0.1) is 0 Å². The highest BCUT2D eigenvalue weighted by Gasteiger charge is 2.34. The first-order chi connectivity index (χ1) is 8.06. The van der Waals surface area contributed by atoms with Gasteiger partial charge in [0, 0.05) is 5.02 Å². The van der Waals surface area contributed by atoms with E-state index in [0.717, 1.165) is 0 Å². The number of carbonyl (C=O) groups is 1. The lowest BCUT2D eigenvalue weighted by molar-refractivity contribution is 0.0737. The second-order valence-corrected chi connectivity index (χ2v) is 4.36. The van der Waals surface area contributed by atoms with Crippen LogP contribution in [0.25, 0.3) is 0 Å². The number of β-amino-alcohol motifs (C(OH)–C–C–N with tert-alkyl or cyclic N) is 1. The molecular weight excluding hydrogens is 244 g/mol. The van der Waals surface area contributed by atoms with Gasteiger partial charge in [0.1, 0.15) is 18.0 Å². The summed E-state index contributed by atoms with van der Waals surface area (Å²) in [4.78, 5) is 12.3. The number of rotatable bonds is 2. The number of likely N-dealkylation sites (tertiary alicyclic amines) is 1. The first-order valence-corrected chi connectivity index (χ1v) is 5.59. The molecular formula is C11H13ClN2O3. The summed E-state index contributed by atoms with van der Waals surface area (Å²) in [5.41, 5.74) is 5.14. The number of aliphatic hydroxyl groups is 1. The van der Waals surface area contributed by atoms with Gasteiger partial charge in [0.2, 0.25) is 0 Å². The van der Waals surface area contributed by atoms with Crippen LogP contribution in [0.15, 0.2) is 24.3 Å². The summed E-state index contributed by atoms with van der Waals surface area (Å²) in [5, 5.41) is 10.3. The normalized spacial score (nSPS) is 23.8. The molecule has 0 aliphatic carbocycles. The van der Waals surface area contributed by atoms with E-state index in [9.17, 15) is 9.90 Å². The average molecular weight is 257 g/mol. The highest BCUT2D eigenvalue weighted by Crippen LogP contribution is 2.20. The minimum absolute atomic E-state index is 0.202. The molecule has 1 fully saturated rings. The molecule has 1 aliphatic heterocycles. The molecule has 2 atom stereocenters. The van der Waals surface area contributed by atoms with Crippen molar-refractivity contribution < 1.29 is 14.6 Å². The molecule has 1 aliphatic rings. The fraction of sp³-hybridized carbons (Fsp3) is 0.364. The monoisotopic (exact) mass is 256 g/mol. The third kappa shape index (κ3) is 2.81. The van der Waals surface area contributed by atoms with Crippen LogP contribution in [0.3, 0.4) is 0 Å². The minimum atomic E-state index is -0.724. The molecule has 2 amide bonds. The zero-order valence-electron chi connectivity index (χ0n) is 9.04. The SMILES string of the molecule is NC(=O)N1C[C@@H](O)[C@H](Oc2ccc(Cl)cc2)C1. The maximum atomic E-state index is 11.0. The van der Waals surface area contributed by atoms with E-state index in [4.69, 9.17) is 22.1 Å². The van der Waals surface area contributed by atoms with E-state index < -0.39 is 18.2 Å². The zero-order chi connectivity index (χ0) is 12.4. The molecule has 1 saturated heterocycles. The molecule has 2 rings (SSSR count). The number of urea groups is 1. The van der Waals surface area contributed by atoms with E-state index in [1.165, 1.54) is 4.90 Å². The van der Waals surface area contributed by atoms with Crippen molar-refractivity contribution in [2.75, 3.05) is 13.1 Å². The average Bonchev–Trinajstić information content (AvgIpc) is 2.64. The number of nitrogens with zero attached hydrogens (tertiary/aromatic N) is 1. The summed E-state index contributed by atoms with van der Waals surface area (Å²) in [6, 6.07) is 6.27. The number of benzene rings is 1. The van der Waals surface area contributed by atoms with Gasteiger partial charge in [-0.05, 0) is 24.3 Å². The van der Waals surface area contributed by atoms with Gasteiger partial charge in [-0.2, -0.15) is 0 Å². The van der Waals surface area contributed by atoms with E-state index in [1.54, 1.807) is 24.3 Å². The fourth-order valence-corrected chi connectivity index (χ4v) is 1.87. The van der Waals surface area contributed by atoms with E-state index in [2.05, 4.69) is 0 Å². The van der Waals surface area contributed by atoms with Crippen LogP contribution >= 0.6 is 11.6 Å². The third-order valence-corrected chi connectivity index (χ3v) is 2.90. The molecule has 92 valence electrons. The summed E-state index contributed by atoms with van der Waals surface area (Å²) in [6.45, 7) is 0.493. The molecule has 0 bridgehead atoms. The Labute approximate surface area is 104 Å². The van der Waals surface area contributed by atoms with Crippen molar-refractivity contribution in [2.45, 2.75) is 12.2 Å². The molecule has 0 unspecified atom stereocenters. The van der Waals surface area contributed by atoms with Gasteiger partial charge in [-0.25, -0.2) is 4.79 Å². The van der Waals surface area contributed by atoms with Crippen LogP contribution < -0.4 is 10.5 Å². The highest BCUT2D eigenvalue weighted by molar-refractivity contribution is 6.30. The van der Waals surface area contributed by atoms with Gasteiger partial charge in [-0.1, -0.05) is 11.6 Å². The number of halogens is 1. The highest BCUT2D eigenvalue weighted by atomic mass is 35.5. The first kappa shape index (κ1) is 12.0. The van der Waals surface area contributed by atoms with Crippen molar-refractivity contribution >= 4 is 17.6 Å². The maximum absolute atomic E-state index is 11.0. The van der Waals surface area contributed by atoms with Gasteiger partial charge >= 0.3 is 6.03 Å². The topological polar surface area (TPSA) is 75.8 Å². The van der Waals surface area contributed by atoms with Gasteiger partial charge in [0.15, 0.2) is 0 Å². The second-order valence-electron chi connectivity index (χ2n) is 3.92. The molecule has 0 aromatic heterocycles. The van der Waals surface area contributed by atoms with Crippen LogP contribution in [-0.4, -0.2) is 41.3 Å². The number of aliphatic hydroxyl groups excluding tert-OH is 1. The van der Waals surface area contributed by atoms with Crippen LogP contribution in [-0.2, 0) is 0 Å². The molecule has 17 heavy (non-hydrogen) atoms. The zero-order valence-corrected chi connectivity index (χ0v) is 9.80. The molecule has 3 N–H and O–H groups in total. The molecule has 1 heterocycles. The Hall–Kier alpha value is -1.46. The van der Waals surface area contributed by atoms with Gasteiger partial charge in [0.25, 0.3) is 0 Å². The van der Waals surface area contributed by atoms with E-state index in [-0.39, 0.29) is 6.54 Å². The van der Waals surface area contributed by atoms with Gasteiger partial charge in [-0.3, -0.25) is 0 Å². The smallest absolute Gasteiger partial charge is 0.315 e. The molecule has 0 radical (unpaired) electrons. The molecule has 6 heteroatoms. The molecule has 1 aromatic rings. The summed E-state index contributed by atoms with van der Waals surface area (Å²) in [5.74, 6) is 0.602. The Bertz CT molecular complexity index is 410. The molecule has 0 spiro atoms. The van der Waals surface area contributed by atoms with Crippen molar-refractivity contribution in [1.29, 1.82) is 0 Å².